The molecule has 0 unspecified atom stereocenters. The van der Waals surface area contributed by atoms with Gasteiger partial charge in [-0.3, -0.25) is 9.47 Å². The Morgan fingerprint density at radius 1 is 1.38 bits per heavy atom. The van der Waals surface area contributed by atoms with E-state index in [9.17, 15) is 14.4 Å². The van der Waals surface area contributed by atoms with Crippen LogP contribution < -0.4 is 20.3 Å². The Morgan fingerprint density at radius 2 is 2.10 bits per heavy atom. The van der Waals surface area contributed by atoms with Crippen molar-refractivity contribution in [1.82, 2.24) is 4.68 Å². The molecule has 21 heavy (non-hydrogen) atoms. The Labute approximate surface area is 117 Å². The first-order chi connectivity index (χ1) is 10.1. The molecule has 0 saturated heterocycles. The van der Waals surface area contributed by atoms with Gasteiger partial charge >= 0.3 is 5.97 Å². The summed E-state index contributed by atoms with van der Waals surface area (Å²) in [6, 6.07) is 2.99. The minimum Gasteiger partial charge on any atom is -0.477 e. The van der Waals surface area contributed by atoms with Gasteiger partial charge < -0.3 is 24.8 Å². The molecule has 8 nitrogen and oxygen atoms in total. The van der Waals surface area contributed by atoms with E-state index in [-0.39, 0.29) is 18.7 Å². The number of hydrogen-bond acceptors (Lipinski definition) is 6. The predicted octanol–water partition coefficient (Wildman–Crippen LogP) is 0.171. The summed E-state index contributed by atoms with van der Waals surface area (Å²) < 4.78 is 11.7. The summed E-state index contributed by atoms with van der Waals surface area (Å²) in [6.07, 6.45) is 1.76. The van der Waals surface area contributed by atoms with Crippen LogP contribution in [0.1, 0.15) is 10.4 Å². The van der Waals surface area contributed by atoms with E-state index in [1.165, 1.54) is 10.7 Å². The highest BCUT2D eigenvalue weighted by Gasteiger charge is 2.20. The molecule has 0 saturated carbocycles. The number of nitrogens with zero attached hydrogens (tertiary/aromatic N) is 1. The van der Waals surface area contributed by atoms with Gasteiger partial charge in [0.15, 0.2) is 11.5 Å². The van der Waals surface area contributed by atoms with Crippen molar-refractivity contribution in [2.24, 2.45) is 0 Å². The largest absolute Gasteiger partial charge is 0.477 e. The first kappa shape index (κ1) is 13.0. The van der Waals surface area contributed by atoms with Gasteiger partial charge in [0.1, 0.15) is 11.8 Å². The lowest BCUT2D eigenvalue weighted by atomic mass is 10.1. The molecule has 1 aromatic heterocycles. The van der Waals surface area contributed by atoms with Crippen molar-refractivity contribution in [1.29, 1.82) is 0 Å². The number of carbonyl (C=O) groups is 2. The maximum absolute atomic E-state index is 12.2. The summed E-state index contributed by atoms with van der Waals surface area (Å²) in [5, 5.41) is 9.27. The summed E-state index contributed by atoms with van der Waals surface area (Å²) in [5.74, 6) is -0.517. The normalized spacial score (nSPS) is 12.4. The zero-order valence-electron chi connectivity index (χ0n) is 10.7. The Morgan fingerprint density at radius 3 is 2.76 bits per heavy atom. The van der Waals surface area contributed by atoms with Crippen LogP contribution in [0.2, 0.25) is 0 Å². The van der Waals surface area contributed by atoms with Gasteiger partial charge in [0.2, 0.25) is 12.2 Å². The van der Waals surface area contributed by atoms with Crippen molar-refractivity contribution < 1.29 is 24.2 Å². The van der Waals surface area contributed by atoms with Crippen LogP contribution in [0.5, 0.6) is 11.5 Å². The number of fused-ring (bicyclic) bond motifs is 2. The monoisotopic (exact) mass is 290 g/mol. The summed E-state index contributed by atoms with van der Waals surface area (Å²) >= 11 is 0. The first-order valence-electron chi connectivity index (χ1n) is 6.01. The molecule has 1 aliphatic heterocycles. The van der Waals surface area contributed by atoms with E-state index < -0.39 is 17.0 Å². The van der Waals surface area contributed by atoms with Crippen molar-refractivity contribution in [3.05, 3.63) is 34.1 Å². The highest BCUT2D eigenvalue weighted by Crippen LogP contribution is 2.34. The minimum atomic E-state index is -1.35. The van der Waals surface area contributed by atoms with E-state index in [4.69, 9.17) is 14.6 Å². The van der Waals surface area contributed by atoms with E-state index >= 15 is 0 Å². The van der Waals surface area contributed by atoms with Crippen LogP contribution in [-0.2, 0) is 4.79 Å². The second-order valence-electron chi connectivity index (χ2n) is 4.30. The predicted molar refractivity (Wildman–Crippen MR) is 71.6 cm³/mol. The molecule has 1 aromatic carbocycles. The standard InChI is InChI=1S/C13H10N2O6/c16-2-1-14-15-5-8(13(18)19)12(17)7-3-10-11(4-9(7)15)21-6-20-10/h2-5,14H,1,6H2,(H,18,19). The van der Waals surface area contributed by atoms with Gasteiger partial charge in [0.05, 0.1) is 17.4 Å². The number of carbonyl (C=O) groups excluding carboxylic acids is 1. The van der Waals surface area contributed by atoms with Crippen molar-refractivity contribution in [2.75, 3.05) is 18.8 Å². The maximum atomic E-state index is 12.2. The van der Waals surface area contributed by atoms with Gasteiger partial charge in [-0.1, -0.05) is 0 Å². The third-order valence-corrected chi connectivity index (χ3v) is 3.07. The van der Waals surface area contributed by atoms with Gasteiger partial charge in [-0.25, -0.2) is 4.79 Å². The van der Waals surface area contributed by atoms with Gasteiger partial charge in [0.25, 0.3) is 0 Å². The summed E-state index contributed by atoms with van der Waals surface area (Å²) in [7, 11) is 0. The van der Waals surface area contributed by atoms with Crippen molar-refractivity contribution in [3.8, 4) is 11.5 Å². The Balaban J connectivity index is 2.32. The molecule has 0 radical (unpaired) electrons. The summed E-state index contributed by atoms with van der Waals surface area (Å²) in [5.41, 5.74) is 2.07. The summed E-state index contributed by atoms with van der Waals surface area (Å²) in [6.45, 7) is -0.00112. The maximum Gasteiger partial charge on any atom is 0.341 e. The van der Waals surface area contributed by atoms with Crippen LogP contribution in [-0.4, -0.2) is 35.4 Å². The number of pyridine rings is 1. The van der Waals surface area contributed by atoms with Gasteiger partial charge in [-0.15, -0.1) is 0 Å². The number of nitrogens with one attached hydrogen (secondary N) is 1. The van der Waals surface area contributed by atoms with Crippen LogP contribution in [0.4, 0.5) is 0 Å². The lowest BCUT2D eigenvalue weighted by Crippen LogP contribution is -2.24. The molecule has 2 aromatic rings. The molecular formula is C13H10N2O6. The Hall–Kier alpha value is -3.03. The molecule has 108 valence electrons. The van der Waals surface area contributed by atoms with Crippen molar-refractivity contribution in [2.45, 2.75) is 0 Å². The van der Waals surface area contributed by atoms with Gasteiger partial charge in [0, 0.05) is 12.3 Å². The quantitative estimate of drug-likeness (QED) is 0.773. The number of carboxylic acid groups (broad SMARTS) is 1. The minimum absolute atomic E-state index is 0.0351. The zero-order valence-corrected chi connectivity index (χ0v) is 10.7. The van der Waals surface area contributed by atoms with Crippen molar-refractivity contribution >= 4 is 23.2 Å². The number of aromatic nitrogens is 1. The van der Waals surface area contributed by atoms with E-state index in [2.05, 4.69) is 5.43 Å². The van der Waals surface area contributed by atoms with Gasteiger partial charge in [-0.05, 0) is 6.07 Å². The Kier molecular flexibility index (Phi) is 2.98. The van der Waals surface area contributed by atoms with Crippen LogP contribution in [0.3, 0.4) is 0 Å². The zero-order chi connectivity index (χ0) is 15.0. The number of rotatable bonds is 4. The fraction of sp³-hybridized carbons (Fsp3) is 0.154. The van der Waals surface area contributed by atoms with E-state index in [1.54, 1.807) is 6.07 Å². The molecule has 0 amide bonds. The smallest absolute Gasteiger partial charge is 0.341 e. The molecule has 0 spiro atoms. The van der Waals surface area contributed by atoms with E-state index in [1.807, 2.05) is 0 Å². The van der Waals surface area contributed by atoms with Crippen LogP contribution >= 0.6 is 0 Å². The van der Waals surface area contributed by atoms with Crippen LogP contribution in [0.25, 0.3) is 10.9 Å². The molecule has 2 heterocycles. The van der Waals surface area contributed by atoms with E-state index in [0.29, 0.717) is 23.3 Å². The van der Waals surface area contributed by atoms with Gasteiger partial charge in [-0.2, -0.15) is 0 Å². The SMILES string of the molecule is O=CCNn1cc(C(=O)O)c(=O)c2cc3c(cc21)OCO3. The molecule has 8 heteroatoms. The second kappa shape index (κ2) is 4.82. The number of hydrogen-bond donors (Lipinski definition) is 2. The molecule has 1 aliphatic rings. The highest BCUT2D eigenvalue weighted by molar-refractivity contribution is 5.93. The summed E-state index contributed by atoms with van der Waals surface area (Å²) in [4.78, 5) is 33.9. The van der Waals surface area contributed by atoms with Crippen molar-refractivity contribution in [3.63, 3.8) is 0 Å². The van der Waals surface area contributed by atoms with Crippen LogP contribution in [0.15, 0.2) is 23.1 Å². The molecule has 0 atom stereocenters. The molecule has 3 rings (SSSR count). The fourth-order valence-corrected chi connectivity index (χ4v) is 2.13. The molecule has 0 aliphatic carbocycles. The lowest BCUT2D eigenvalue weighted by Gasteiger charge is -2.13. The number of aldehydes is 1. The number of carboxylic acids is 1. The number of ether oxygens (including phenoxy) is 2. The van der Waals surface area contributed by atoms with E-state index in [0.717, 1.165) is 6.20 Å². The third-order valence-electron chi connectivity index (χ3n) is 3.07. The topological polar surface area (TPSA) is 107 Å². The fourth-order valence-electron chi connectivity index (χ4n) is 2.13. The lowest BCUT2D eigenvalue weighted by molar-refractivity contribution is -0.106. The number of benzene rings is 1. The Bertz CT molecular complexity index is 810. The third kappa shape index (κ3) is 2.06. The molecule has 0 fully saturated rings. The molecular weight excluding hydrogens is 280 g/mol. The first-order valence-corrected chi connectivity index (χ1v) is 6.01. The van der Waals surface area contributed by atoms with Crippen LogP contribution in [0, 0.1) is 0 Å². The average Bonchev–Trinajstić information content (AvgIpc) is 2.92. The number of aromatic carboxylic acids is 1. The molecule has 2 N–H and O–H groups in total. The second-order valence-corrected chi connectivity index (χ2v) is 4.30. The average molecular weight is 290 g/mol. The highest BCUT2D eigenvalue weighted by atomic mass is 16.7. The molecule has 0 bridgehead atoms.